The minimum Gasteiger partial charge on any atom is -0.446 e. The lowest BCUT2D eigenvalue weighted by Crippen LogP contribution is -2.28. The van der Waals surface area contributed by atoms with Crippen LogP contribution in [0.15, 0.2) is 30.1 Å². The standard InChI is InChI=1S/C14H18N4O4/c1-10-5-3-4-6-12(10)16-14(19)22-8-7-17-11(2)9-15-13(17)18(20)21/h3-4,6,9-10H,5,7-8H2,1-2H3,(H,16,19). The van der Waals surface area contributed by atoms with E-state index in [-0.39, 0.29) is 25.0 Å². The summed E-state index contributed by atoms with van der Waals surface area (Å²) in [5.41, 5.74) is 1.45. The molecule has 2 rings (SSSR count). The number of aromatic nitrogens is 2. The molecule has 8 nitrogen and oxygen atoms in total. The topological polar surface area (TPSA) is 99.3 Å². The third-order valence-electron chi connectivity index (χ3n) is 3.42. The molecular formula is C14H18N4O4. The van der Waals surface area contributed by atoms with E-state index in [4.69, 9.17) is 4.74 Å². The fraction of sp³-hybridized carbons (Fsp3) is 0.429. The fourth-order valence-corrected chi connectivity index (χ4v) is 2.16. The van der Waals surface area contributed by atoms with Gasteiger partial charge in [0.05, 0.1) is 0 Å². The van der Waals surface area contributed by atoms with Gasteiger partial charge in [-0.2, -0.15) is 0 Å². The van der Waals surface area contributed by atoms with Crippen LogP contribution in [0, 0.1) is 23.0 Å². The van der Waals surface area contributed by atoms with Gasteiger partial charge in [0.15, 0.2) is 0 Å². The highest BCUT2D eigenvalue weighted by atomic mass is 16.6. The Balaban J connectivity index is 1.85. The quantitative estimate of drug-likeness (QED) is 0.664. The van der Waals surface area contributed by atoms with Crippen molar-refractivity contribution in [1.82, 2.24) is 14.9 Å². The molecule has 1 unspecified atom stereocenters. The molecule has 118 valence electrons. The minimum atomic E-state index is -0.562. The van der Waals surface area contributed by atoms with E-state index in [1.54, 1.807) is 6.92 Å². The van der Waals surface area contributed by atoms with Crippen LogP contribution in [0.5, 0.6) is 0 Å². The number of ether oxygens (including phenoxy) is 1. The lowest BCUT2D eigenvalue weighted by atomic mass is 9.99. The third kappa shape index (κ3) is 3.72. The summed E-state index contributed by atoms with van der Waals surface area (Å²) in [4.78, 5) is 25.7. The van der Waals surface area contributed by atoms with Crippen LogP contribution in [0.3, 0.4) is 0 Å². The maximum atomic E-state index is 11.7. The smallest absolute Gasteiger partial charge is 0.434 e. The Morgan fingerprint density at radius 3 is 3.09 bits per heavy atom. The van der Waals surface area contributed by atoms with Crippen molar-refractivity contribution < 1.29 is 14.5 Å². The van der Waals surface area contributed by atoms with Gasteiger partial charge < -0.3 is 14.9 Å². The molecule has 0 aromatic carbocycles. The van der Waals surface area contributed by atoms with Crippen LogP contribution in [0.4, 0.5) is 10.7 Å². The summed E-state index contributed by atoms with van der Waals surface area (Å²) in [7, 11) is 0. The highest BCUT2D eigenvalue weighted by Gasteiger charge is 2.19. The highest BCUT2D eigenvalue weighted by Crippen LogP contribution is 2.17. The summed E-state index contributed by atoms with van der Waals surface area (Å²) in [6.45, 7) is 3.93. The van der Waals surface area contributed by atoms with Gasteiger partial charge in [0.2, 0.25) is 0 Å². The van der Waals surface area contributed by atoms with Gasteiger partial charge in [-0.15, -0.1) is 0 Å². The number of imidazole rings is 1. The zero-order valence-electron chi connectivity index (χ0n) is 12.5. The predicted octanol–water partition coefficient (Wildman–Crippen LogP) is 2.31. The van der Waals surface area contributed by atoms with Crippen molar-refractivity contribution in [3.8, 4) is 0 Å². The molecule has 1 aromatic rings. The molecule has 1 heterocycles. The normalized spacial score (nSPS) is 17.0. The number of amides is 1. The summed E-state index contributed by atoms with van der Waals surface area (Å²) in [6.07, 6.45) is 7.47. The molecule has 0 spiro atoms. The van der Waals surface area contributed by atoms with Crippen molar-refractivity contribution in [3.63, 3.8) is 0 Å². The molecule has 0 saturated carbocycles. The number of nitrogens with zero attached hydrogens (tertiary/aromatic N) is 3. The molecule has 22 heavy (non-hydrogen) atoms. The summed E-state index contributed by atoms with van der Waals surface area (Å²) in [6, 6.07) is 0. The number of carbonyl (C=O) groups excluding carboxylic acids is 1. The number of nitrogens with one attached hydrogen (secondary N) is 1. The summed E-state index contributed by atoms with van der Waals surface area (Å²) in [5, 5.41) is 13.5. The van der Waals surface area contributed by atoms with Crippen molar-refractivity contribution >= 4 is 12.0 Å². The van der Waals surface area contributed by atoms with Crippen LogP contribution >= 0.6 is 0 Å². The van der Waals surface area contributed by atoms with Crippen molar-refractivity contribution in [2.45, 2.75) is 26.8 Å². The van der Waals surface area contributed by atoms with E-state index < -0.39 is 11.0 Å². The zero-order chi connectivity index (χ0) is 16.1. The van der Waals surface area contributed by atoms with Gasteiger partial charge in [-0.05, 0) is 30.3 Å². The molecule has 8 heteroatoms. The van der Waals surface area contributed by atoms with E-state index in [1.165, 1.54) is 10.8 Å². The lowest BCUT2D eigenvalue weighted by Gasteiger charge is -2.17. The monoisotopic (exact) mass is 306 g/mol. The Kier molecular flexibility index (Phi) is 4.92. The van der Waals surface area contributed by atoms with Gasteiger partial charge in [-0.3, -0.25) is 5.32 Å². The van der Waals surface area contributed by atoms with Gasteiger partial charge in [0.1, 0.15) is 25.0 Å². The Hall–Kier alpha value is -2.64. The molecular weight excluding hydrogens is 288 g/mol. The van der Waals surface area contributed by atoms with Crippen LogP contribution in [0.25, 0.3) is 0 Å². The number of hydrogen-bond acceptors (Lipinski definition) is 5. The van der Waals surface area contributed by atoms with E-state index in [1.807, 2.05) is 25.2 Å². The molecule has 1 atom stereocenters. The first-order valence-electron chi connectivity index (χ1n) is 6.96. The second kappa shape index (κ2) is 6.88. The van der Waals surface area contributed by atoms with Gasteiger partial charge in [0, 0.05) is 5.70 Å². The molecule has 0 radical (unpaired) electrons. The predicted molar refractivity (Wildman–Crippen MR) is 79.1 cm³/mol. The average Bonchev–Trinajstić information content (AvgIpc) is 2.83. The molecule has 1 aliphatic rings. The summed E-state index contributed by atoms with van der Waals surface area (Å²) in [5.74, 6) is -0.0233. The molecule has 1 aromatic heterocycles. The molecule has 0 fully saturated rings. The van der Waals surface area contributed by atoms with Gasteiger partial charge in [0.25, 0.3) is 0 Å². The Morgan fingerprint density at radius 2 is 2.41 bits per heavy atom. The zero-order valence-corrected chi connectivity index (χ0v) is 12.5. The number of nitro groups is 1. The first kappa shape index (κ1) is 15.7. The Bertz CT molecular complexity index is 633. The average molecular weight is 306 g/mol. The Morgan fingerprint density at radius 1 is 1.64 bits per heavy atom. The van der Waals surface area contributed by atoms with Crippen molar-refractivity contribution in [1.29, 1.82) is 0 Å². The van der Waals surface area contributed by atoms with Crippen LogP contribution in [0.2, 0.25) is 0 Å². The molecule has 1 N–H and O–H groups in total. The maximum Gasteiger partial charge on any atom is 0.434 e. The van der Waals surface area contributed by atoms with E-state index >= 15 is 0 Å². The summed E-state index contributed by atoms with van der Waals surface area (Å²) < 4.78 is 6.47. The first-order chi connectivity index (χ1) is 10.5. The number of aryl methyl sites for hydroxylation is 1. The van der Waals surface area contributed by atoms with Crippen molar-refractivity contribution in [2.24, 2.45) is 5.92 Å². The van der Waals surface area contributed by atoms with Gasteiger partial charge in [-0.1, -0.05) is 24.1 Å². The van der Waals surface area contributed by atoms with Crippen LogP contribution in [-0.4, -0.2) is 27.2 Å². The second-order valence-electron chi connectivity index (χ2n) is 5.06. The maximum absolute atomic E-state index is 11.7. The highest BCUT2D eigenvalue weighted by molar-refractivity contribution is 5.69. The first-order valence-corrected chi connectivity index (χ1v) is 6.96. The molecule has 0 bridgehead atoms. The number of hydrogen-bond donors (Lipinski definition) is 1. The van der Waals surface area contributed by atoms with Crippen molar-refractivity contribution in [3.05, 3.63) is 45.9 Å². The van der Waals surface area contributed by atoms with E-state index in [2.05, 4.69) is 10.3 Å². The second-order valence-corrected chi connectivity index (χ2v) is 5.06. The molecule has 0 saturated heterocycles. The van der Waals surface area contributed by atoms with E-state index in [9.17, 15) is 14.9 Å². The molecule has 1 amide bonds. The number of alkyl carbamates (subject to hydrolysis) is 1. The van der Waals surface area contributed by atoms with E-state index in [0.29, 0.717) is 5.69 Å². The SMILES string of the molecule is Cc1cnc([N+](=O)[O-])n1CCOC(=O)NC1=CC=CCC1C. The van der Waals surface area contributed by atoms with Crippen LogP contribution in [0.1, 0.15) is 19.0 Å². The number of rotatable bonds is 5. The minimum absolute atomic E-state index is 0.0291. The number of allylic oxidation sites excluding steroid dienone is 4. The van der Waals surface area contributed by atoms with Crippen LogP contribution < -0.4 is 5.32 Å². The fourth-order valence-electron chi connectivity index (χ4n) is 2.16. The largest absolute Gasteiger partial charge is 0.446 e. The number of carbonyl (C=O) groups is 1. The van der Waals surface area contributed by atoms with Crippen LogP contribution in [-0.2, 0) is 11.3 Å². The third-order valence-corrected chi connectivity index (χ3v) is 3.42. The van der Waals surface area contributed by atoms with Crippen molar-refractivity contribution in [2.75, 3.05) is 6.61 Å². The molecule has 1 aliphatic carbocycles. The van der Waals surface area contributed by atoms with Gasteiger partial charge >= 0.3 is 12.0 Å². The Labute approximate surface area is 127 Å². The lowest BCUT2D eigenvalue weighted by molar-refractivity contribution is -0.396. The summed E-state index contributed by atoms with van der Waals surface area (Å²) >= 11 is 0. The van der Waals surface area contributed by atoms with E-state index in [0.717, 1.165) is 12.1 Å². The molecule has 0 aliphatic heterocycles. The van der Waals surface area contributed by atoms with Gasteiger partial charge in [-0.25, -0.2) is 9.36 Å².